The highest BCUT2D eigenvalue weighted by atomic mass is 35.5. The largest absolute Gasteiger partial charge is 0.294 e. The Hall–Kier alpha value is -0.530. The summed E-state index contributed by atoms with van der Waals surface area (Å²) in [7, 11) is 0. The van der Waals surface area contributed by atoms with E-state index in [-0.39, 0.29) is 5.78 Å². The maximum absolute atomic E-state index is 12.0. The monoisotopic (exact) mass is 256 g/mol. The number of ketones is 1. The predicted octanol–water partition coefficient (Wildman–Crippen LogP) is 4.76. The van der Waals surface area contributed by atoms with Gasteiger partial charge in [-0.2, -0.15) is 0 Å². The van der Waals surface area contributed by atoms with Crippen LogP contribution < -0.4 is 0 Å². The van der Waals surface area contributed by atoms with Gasteiger partial charge < -0.3 is 0 Å². The van der Waals surface area contributed by atoms with Gasteiger partial charge in [-0.25, -0.2) is 0 Å². The third kappa shape index (κ3) is 2.99. The van der Waals surface area contributed by atoms with Crippen molar-refractivity contribution in [2.24, 2.45) is 5.92 Å². The van der Waals surface area contributed by atoms with Crippen molar-refractivity contribution >= 4 is 29.0 Å². The van der Waals surface area contributed by atoms with Gasteiger partial charge in [-0.1, -0.05) is 48.9 Å². The van der Waals surface area contributed by atoms with Crippen LogP contribution in [-0.2, 0) is 0 Å². The van der Waals surface area contributed by atoms with Gasteiger partial charge in [0.15, 0.2) is 5.78 Å². The zero-order valence-electron chi connectivity index (χ0n) is 9.01. The first-order valence-electron chi connectivity index (χ1n) is 5.64. The Bertz CT molecular complexity index is 375. The lowest BCUT2D eigenvalue weighted by Crippen LogP contribution is -2.05. The summed E-state index contributed by atoms with van der Waals surface area (Å²) in [6.45, 7) is 0. The Kier molecular flexibility index (Phi) is 3.88. The second-order valence-electron chi connectivity index (χ2n) is 4.44. The van der Waals surface area contributed by atoms with Crippen LogP contribution in [0.1, 0.15) is 42.5 Å². The van der Waals surface area contributed by atoms with Crippen molar-refractivity contribution < 1.29 is 4.79 Å². The predicted molar refractivity (Wildman–Crippen MR) is 67.4 cm³/mol. The molecule has 1 aromatic carbocycles. The second-order valence-corrected chi connectivity index (χ2v) is 5.31. The maximum atomic E-state index is 12.0. The molecule has 0 N–H and O–H groups in total. The maximum Gasteiger partial charge on any atom is 0.163 e. The molecule has 0 radical (unpaired) electrons. The second kappa shape index (κ2) is 5.20. The molecule has 0 saturated heterocycles. The van der Waals surface area contributed by atoms with Gasteiger partial charge in [0.05, 0.1) is 0 Å². The van der Waals surface area contributed by atoms with E-state index in [9.17, 15) is 4.79 Å². The zero-order valence-corrected chi connectivity index (χ0v) is 10.5. The molecule has 1 aliphatic carbocycles. The Morgan fingerprint density at radius 2 is 1.69 bits per heavy atom. The third-order valence-corrected chi connectivity index (χ3v) is 3.57. The molecule has 1 saturated carbocycles. The summed E-state index contributed by atoms with van der Waals surface area (Å²) >= 11 is 11.7. The minimum atomic E-state index is 0.163. The van der Waals surface area contributed by atoms with Crippen molar-refractivity contribution in [3.05, 3.63) is 33.8 Å². The van der Waals surface area contributed by atoms with E-state index >= 15 is 0 Å². The lowest BCUT2D eigenvalue weighted by Gasteiger charge is -2.08. The number of hydrogen-bond donors (Lipinski definition) is 0. The van der Waals surface area contributed by atoms with Gasteiger partial charge in [-0.3, -0.25) is 4.79 Å². The van der Waals surface area contributed by atoms with E-state index in [0.717, 1.165) is 0 Å². The average Bonchev–Trinajstić information content (AvgIpc) is 2.68. The first-order valence-corrected chi connectivity index (χ1v) is 6.40. The average molecular weight is 257 g/mol. The molecule has 0 heterocycles. The zero-order chi connectivity index (χ0) is 11.5. The summed E-state index contributed by atoms with van der Waals surface area (Å²) in [5.41, 5.74) is 0.643. The van der Waals surface area contributed by atoms with Crippen LogP contribution >= 0.6 is 23.2 Å². The minimum absolute atomic E-state index is 0.163. The van der Waals surface area contributed by atoms with Gasteiger partial charge in [0, 0.05) is 22.0 Å². The molecule has 2 rings (SSSR count). The summed E-state index contributed by atoms with van der Waals surface area (Å²) < 4.78 is 0. The number of carbonyl (C=O) groups excluding carboxylic acids is 1. The summed E-state index contributed by atoms with van der Waals surface area (Å²) in [6, 6.07) is 5.05. The Labute approximate surface area is 106 Å². The molecule has 1 fully saturated rings. The van der Waals surface area contributed by atoms with Gasteiger partial charge in [0.25, 0.3) is 0 Å². The van der Waals surface area contributed by atoms with Crippen LogP contribution in [0.3, 0.4) is 0 Å². The standard InChI is InChI=1S/C13H14Cl2O/c14-11-6-10(7-12(15)8-11)13(16)5-9-3-1-2-4-9/h6-9H,1-5H2. The number of rotatable bonds is 3. The van der Waals surface area contributed by atoms with Crippen LogP contribution in [0, 0.1) is 5.92 Å². The lowest BCUT2D eigenvalue weighted by atomic mass is 9.97. The van der Waals surface area contributed by atoms with Gasteiger partial charge in [0.2, 0.25) is 0 Å². The number of carbonyl (C=O) groups is 1. The summed E-state index contributed by atoms with van der Waals surface area (Å²) in [5, 5.41) is 1.06. The number of halogens is 2. The Morgan fingerprint density at radius 1 is 1.12 bits per heavy atom. The summed E-state index contributed by atoms with van der Waals surface area (Å²) in [4.78, 5) is 12.0. The molecular weight excluding hydrogens is 243 g/mol. The van der Waals surface area contributed by atoms with Crippen molar-refractivity contribution in [2.45, 2.75) is 32.1 Å². The van der Waals surface area contributed by atoms with E-state index in [1.54, 1.807) is 18.2 Å². The molecule has 0 atom stereocenters. The van der Waals surface area contributed by atoms with Crippen LogP contribution in [0.2, 0.25) is 10.0 Å². The van der Waals surface area contributed by atoms with Gasteiger partial charge in [0.1, 0.15) is 0 Å². The molecule has 1 aromatic rings. The first-order chi connectivity index (χ1) is 7.65. The van der Waals surface area contributed by atoms with Crippen molar-refractivity contribution in [2.75, 3.05) is 0 Å². The van der Waals surface area contributed by atoms with E-state index in [0.29, 0.717) is 27.9 Å². The Balaban J connectivity index is 2.07. The Morgan fingerprint density at radius 3 is 2.25 bits per heavy atom. The molecule has 0 bridgehead atoms. The van der Waals surface area contributed by atoms with Gasteiger partial charge in [-0.05, 0) is 24.1 Å². The van der Waals surface area contributed by atoms with E-state index in [1.807, 2.05) is 0 Å². The highest BCUT2D eigenvalue weighted by Gasteiger charge is 2.19. The van der Waals surface area contributed by atoms with Crippen molar-refractivity contribution in [1.82, 2.24) is 0 Å². The molecule has 1 nitrogen and oxygen atoms in total. The fraction of sp³-hybridized carbons (Fsp3) is 0.462. The molecule has 86 valence electrons. The fourth-order valence-corrected chi connectivity index (χ4v) is 2.84. The molecule has 0 aliphatic heterocycles. The van der Waals surface area contributed by atoms with E-state index in [4.69, 9.17) is 23.2 Å². The SMILES string of the molecule is O=C(CC1CCCC1)c1cc(Cl)cc(Cl)c1. The number of hydrogen-bond acceptors (Lipinski definition) is 1. The minimum Gasteiger partial charge on any atom is -0.294 e. The molecule has 3 heteroatoms. The van der Waals surface area contributed by atoms with Crippen molar-refractivity contribution in [3.8, 4) is 0 Å². The van der Waals surface area contributed by atoms with Crippen LogP contribution in [-0.4, -0.2) is 5.78 Å². The highest BCUT2D eigenvalue weighted by Crippen LogP contribution is 2.29. The van der Waals surface area contributed by atoms with Crippen molar-refractivity contribution in [1.29, 1.82) is 0 Å². The van der Waals surface area contributed by atoms with E-state index < -0.39 is 0 Å². The van der Waals surface area contributed by atoms with E-state index in [1.165, 1.54) is 25.7 Å². The van der Waals surface area contributed by atoms with Gasteiger partial charge >= 0.3 is 0 Å². The van der Waals surface area contributed by atoms with Crippen LogP contribution in [0.4, 0.5) is 0 Å². The summed E-state index contributed by atoms with van der Waals surface area (Å²) in [5.74, 6) is 0.724. The summed E-state index contributed by atoms with van der Waals surface area (Å²) in [6.07, 6.45) is 5.51. The van der Waals surface area contributed by atoms with Crippen LogP contribution in [0.5, 0.6) is 0 Å². The molecule has 0 spiro atoms. The third-order valence-electron chi connectivity index (χ3n) is 3.13. The quantitative estimate of drug-likeness (QED) is 0.713. The van der Waals surface area contributed by atoms with Gasteiger partial charge in [-0.15, -0.1) is 0 Å². The lowest BCUT2D eigenvalue weighted by molar-refractivity contribution is 0.0962. The van der Waals surface area contributed by atoms with E-state index in [2.05, 4.69) is 0 Å². The molecule has 16 heavy (non-hydrogen) atoms. The molecule has 1 aliphatic rings. The first kappa shape index (κ1) is 11.9. The fourth-order valence-electron chi connectivity index (χ4n) is 2.31. The molecule has 0 amide bonds. The molecule has 0 unspecified atom stereocenters. The van der Waals surface area contributed by atoms with Crippen molar-refractivity contribution in [3.63, 3.8) is 0 Å². The highest BCUT2D eigenvalue weighted by molar-refractivity contribution is 6.35. The molecule has 0 aromatic heterocycles. The van der Waals surface area contributed by atoms with Crippen LogP contribution in [0.15, 0.2) is 18.2 Å². The molecular formula is C13H14Cl2O. The number of benzene rings is 1. The van der Waals surface area contributed by atoms with Crippen LogP contribution in [0.25, 0.3) is 0 Å². The number of Topliss-reactive ketones (excluding diaryl/α,β-unsaturated/α-hetero) is 1. The normalized spacial score (nSPS) is 16.6. The topological polar surface area (TPSA) is 17.1 Å². The smallest absolute Gasteiger partial charge is 0.163 e.